The Balaban J connectivity index is 2.33. The Morgan fingerprint density at radius 2 is 1.95 bits per heavy atom. The molecule has 2 rings (SSSR count). The van der Waals surface area contributed by atoms with Crippen molar-refractivity contribution in [2.45, 2.75) is 12.0 Å². The molecule has 0 aliphatic rings. The third-order valence-corrected chi connectivity index (χ3v) is 4.41. The number of halogens is 3. The highest BCUT2D eigenvalue weighted by molar-refractivity contribution is 9.10. The van der Waals surface area contributed by atoms with Crippen LogP contribution in [0.4, 0.5) is 4.39 Å². The van der Waals surface area contributed by atoms with E-state index < -0.39 is 6.10 Å². The van der Waals surface area contributed by atoms with Crippen LogP contribution in [-0.4, -0.2) is 11.7 Å². The quantitative estimate of drug-likeness (QED) is 0.867. The number of nitrogens with two attached hydrogens (primary N) is 1. The summed E-state index contributed by atoms with van der Waals surface area (Å²) in [6, 6.07) is 11.3. The van der Waals surface area contributed by atoms with Gasteiger partial charge in [0.15, 0.2) is 0 Å². The first-order valence-electron chi connectivity index (χ1n) is 6.11. The van der Waals surface area contributed by atoms with Gasteiger partial charge in [-0.1, -0.05) is 29.8 Å². The van der Waals surface area contributed by atoms with Gasteiger partial charge < -0.3 is 10.8 Å². The van der Waals surface area contributed by atoms with Gasteiger partial charge in [0.2, 0.25) is 0 Å². The van der Waals surface area contributed by atoms with Gasteiger partial charge in [-0.25, -0.2) is 4.39 Å². The Hall–Kier alpha value is -0.940. The Labute approximate surface area is 130 Å². The largest absolute Gasteiger partial charge is 0.388 e. The van der Waals surface area contributed by atoms with E-state index in [4.69, 9.17) is 17.3 Å². The van der Waals surface area contributed by atoms with Crippen molar-refractivity contribution >= 4 is 27.5 Å². The lowest BCUT2D eigenvalue weighted by Gasteiger charge is -2.22. The fourth-order valence-electron chi connectivity index (χ4n) is 2.11. The van der Waals surface area contributed by atoms with Crippen LogP contribution in [0.15, 0.2) is 46.9 Å². The van der Waals surface area contributed by atoms with Crippen molar-refractivity contribution in [1.29, 1.82) is 0 Å². The maximum absolute atomic E-state index is 13.3. The molecule has 2 nitrogen and oxygen atoms in total. The molecule has 0 spiro atoms. The summed E-state index contributed by atoms with van der Waals surface area (Å²) in [6.45, 7) is 0.213. The molecule has 106 valence electrons. The van der Waals surface area contributed by atoms with Crippen LogP contribution in [0.3, 0.4) is 0 Å². The van der Waals surface area contributed by atoms with Crippen molar-refractivity contribution < 1.29 is 9.50 Å². The average Bonchev–Trinajstić information content (AvgIpc) is 2.42. The van der Waals surface area contributed by atoms with Crippen LogP contribution in [0.2, 0.25) is 5.02 Å². The third-order valence-electron chi connectivity index (χ3n) is 3.20. The molecule has 0 amide bonds. The molecule has 0 saturated heterocycles. The Kier molecular flexibility index (Phi) is 5.16. The van der Waals surface area contributed by atoms with E-state index in [9.17, 15) is 9.50 Å². The van der Waals surface area contributed by atoms with Crippen LogP contribution in [0.1, 0.15) is 23.1 Å². The molecule has 2 aromatic carbocycles. The summed E-state index contributed by atoms with van der Waals surface area (Å²) in [5.41, 5.74) is 7.09. The molecule has 3 N–H and O–H groups in total. The summed E-state index contributed by atoms with van der Waals surface area (Å²) < 4.78 is 14.0. The first-order chi connectivity index (χ1) is 9.52. The summed E-state index contributed by atoms with van der Waals surface area (Å²) in [6.07, 6.45) is -0.824. The Bertz CT molecular complexity index is 608. The van der Waals surface area contributed by atoms with Crippen molar-refractivity contribution in [3.8, 4) is 0 Å². The minimum atomic E-state index is -0.824. The minimum absolute atomic E-state index is 0.213. The lowest BCUT2D eigenvalue weighted by Crippen LogP contribution is -2.20. The minimum Gasteiger partial charge on any atom is -0.388 e. The van der Waals surface area contributed by atoms with Crippen molar-refractivity contribution in [2.75, 3.05) is 6.54 Å². The molecule has 2 aromatic rings. The molecule has 0 saturated carbocycles. The van der Waals surface area contributed by atoms with Gasteiger partial charge in [-0.05, 0) is 51.3 Å². The summed E-state index contributed by atoms with van der Waals surface area (Å²) in [7, 11) is 0. The predicted molar refractivity (Wildman–Crippen MR) is 82.3 cm³/mol. The Morgan fingerprint density at radius 3 is 2.55 bits per heavy atom. The van der Waals surface area contributed by atoms with E-state index in [0.29, 0.717) is 20.6 Å². The van der Waals surface area contributed by atoms with Crippen LogP contribution in [0.5, 0.6) is 0 Å². The second kappa shape index (κ2) is 6.68. The third kappa shape index (κ3) is 3.38. The molecule has 0 radical (unpaired) electrons. The zero-order chi connectivity index (χ0) is 14.7. The molecule has 0 heterocycles. The standard InChI is InChI=1S/C15H14BrClFNO/c16-13-7-10(4-5-14(13)17)15(20)12(8-19)9-2-1-3-11(18)6-9/h1-7,12,15,20H,8,19H2. The second-order valence-electron chi connectivity index (χ2n) is 4.52. The highest BCUT2D eigenvalue weighted by atomic mass is 79.9. The summed E-state index contributed by atoms with van der Waals surface area (Å²) in [5, 5.41) is 11.0. The van der Waals surface area contributed by atoms with Crippen molar-refractivity contribution in [3.05, 3.63) is 68.9 Å². The van der Waals surface area contributed by atoms with Crippen LogP contribution in [0, 0.1) is 5.82 Å². The fourth-order valence-corrected chi connectivity index (χ4v) is 2.63. The summed E-state index contributed by atoms with van der Waals surface area (Å²) in [4.78, 5) is 0. The van der Waals surface area contributed by atoms with E-state index in [-0.39, 0.29) is 18.3 Å². The van der Waals surface area contributed by atoms with Gasteiger partial charge in [0.05, 0.1) is 11.1 Å². The van der Waals surface area contributed by atoms with Gasteiger partial charge in [-0.3, -0.25) is 0 Å². The van der Waals surface area contributed by atoms with Gasteiger partial charge in [-0.15, -0.1) is 0 Å². The smallest absolute Gasteiger partial charge is 0.123 e. The van der Waals surface area contributed by atoms with Gasteiger partial charge in [-0.2, -0.15) is 0 Å². The Morgan fingerprint density at radius 1 is 1.20 bits per heavy atom. The SMILES string of the molecule is NCC(c1cccc(F)c1)C(O)c1ccc(Cl)c(Br)c1. The van der Waals surface area contributed by atoms with E-state index in [1.54, 1.807) is 30.3 Å². The molecular formula is C15H14BrClFNO. The first kappa shape index (κ1) is 15.4. The van der Waals surface area contributed by atoms with E-state index in [0.717, 1.165) is 0 Å². The molecule has 2 unspecified atom stereocenters. The van der Waals surface area contributed by atoms with Gasteiger partial charge in [0.1, 0.15) is 5.82 Å². The highest BCUT2D eigenvalue weighted by Crippen LogP contribution is 2.33. The summed E-state index contributed by atoms with van der Waals surface area (Å²) in [5.74, 6) is -0.718. The molecule has 0 aliphatic heterocycles. The van der Waals surface area contributed by atoms with E-state index in [2.05, 4.69) is 15.9 Å². The zero-order valence-electron chi connectivity index (χ0n) is 10.6. The van der Waals surface area contributed by atoms with E-state index in [1.807, 2.05) is 0 Å². The predicted octanol–water partition coefficient (Wildman–Crippen LogP) is 4.02. The van der Waals surface area contributed by atoms with Crippen LogP contribution in [-0.2, 0) is 0 Å². The second-order valence-corrected chi connectivity index (χ2v) is 5.78. The molecule has 0 aromatic heterocycles. The number of hydrogen-bond donors (Lipinski definition) is 2. The number of aliphatic hydroxyl groups is 1. The van der Waals surface area contributed by atoms with Crippen LogP contribution < -0.4 is 5.73 Å². The van der Waals surface area contributed by atoms with Crippen molar-refractivity contribution in [1.82, 2.24) is 0 Å². The van der Waals surface area contributed by atoms with Crippen molar-refractivity contribution in [2.24, 2.45) is 5.73 Å². The summed E-state index contributed by atoms with van der Waals surface area (Å²) >= 11 is 9.25. The normalized spacial score (nSPS) is 14.1. The molecule has 0 aliphatic carbocycles. The van der Waals surface area contributed by atoms with Gasteiger partial charge in [0.25, 0.3) is 0 Å². The number of benzene rings is 2. The maximum Gasteiger partial charge on any atom is 0.123 e. The molecule has 0 bridgehead atoms. The van der Waals surface area contributed by atoms with E-state index in [1.165, 1.54) is 12.1 Å². The lowest BCUT2D eigenvalue weighted by molar-refractivity contribution is 0.147. The van der Waals surface area contributed by atoms with Gasteiger partial charge >= 0.3 is 0 Å². The first-order valence-corrected chi connectivity index (χ1v) is 7.28. The zero-order valence-corrected chi connectivity index (χ0v) is 12.9. The number of rotatable bonds is 4. The molecule has 20 heavy (non-hydrogen) atoms. The molecule has 2 atom stereocenters. The van der Waals surface area contributed by atoms with Crippen LogP contribution in [0.25, 0.3) is 0 Å². The molecule has 0 fully saturated rings. The van der Waals surface area contributed by atoms with Gasteiger partial charge in [0, 0.05) is 16.9 Å². The molecular weight excluding hydrogens is 345 g/mol. The van der Waals surface area contributed by atoms with E-state index >= 15 is 0 Å². The molecule has 5 heteroatoms. The number of aliphatic hydroxyl groups excluding tert-OH is 1. The number of hydrogen-bond acceptors (Lipinski definition) is 2. The average molecular weight is 359 g/mol. The van der Waals surface area contributed by atoms with Crippen LogP contribution >= 0.6 is 27.5 Å². The monoisotopic (exact) mass is 357 g/mol. The lowest BCUT2D eigenvalue weighted by atomic mass is 9.89. The topological polar surface area (TPSA) is 46.2 Å². The fraction of sp³-hybridized carbons (Fsp3) is 0.200. The van der Waals surface area contributed by atoms with Crippen molar-refractivity contribution in [3.63, 3.8) is 0 Å². The highest BCUT2D eigenvalue weighted by Gasteiger charge is 2.22. The maximum atomic E-state index is 13.3.